The Bertz CT molecular complexity index is 417. The minimum absolute atomic E-state index is 0.269. The zero-order valence-electron chi connectivity index (χ0n) is 29.7. The molecule has 0 rings (SSSR count). The van der Waals surface area contributed by atoms with Crippen molar-refractivity contribution in [2.45, 2.75) is 232 Å². The van der Waals surface area contributed by atoms with Crippen LogP contribution in [0, 0.1) is 5.92 Å². The molecule has 0 aromatic heterocycles. The predicted molar refractivity (Wildman–Crippen MR) is 192 cm³/mol. The molecule has 42 heavy (non-hydrogen) atoms. The van der Waals surface area contributed by atoms with E-state index in [1.54, 1.807) is 0 Å². The molecule has 0 atom stereocenters. The average Bonchev–Trinajstić information content (AvgIpc) is 3.00. The van der Waals surface area contributed by atoms with Gasteiger partial charge in [0.2, 0.25) is 0 Å². The van der Waals surface area contributed by atoms with Crippen LogP contribution >= 0.6 is 0 Å². The highest BCUT2D eigenvalue weighted by Crippen LogP contribution is 2.20. The van der Waals surface area contributed by atoms with Crippen molar-refractivity contribution in [2.24, 2.45) is 5.92 Å². The Balaban J connectivity index is 3.52. The van der Waals surface area contributed by atoms with E-state index < -0.39 is 0 Å². The third-order valence-electron chi connectivity index (χ3n) is 9.65. The minimum atomic E-state index is 0.269. The molecule has 0 saturated carbocycles. The van der Waals surface area contributed by atoms with Gasteiger partial charge in [-0.25, -0.2) is 0 Å². The van der Waals surface area contributed by atoms with Crippen LogP contribution in [0.15, 0.2) is 0 Å². The Morgan fingerprint density at radius 3 is 0.833 bits per heavy atom. The molecule has 0 amide bonds. The first-order chi connectivity index (χ1) is 20.8. The van der Waals surface area contributed by atoms with Gasteiger partial charge in [0.05, 0.1) is 6.61 Å². The van der Waals surface area contributed by atoms with Crippen LogP contribution < -0.4 is 5.32 Å². The molecule has 0 aliphatic rings. The van der Waals surface area contributed by atoms with Gasteiger partial charge in [-0.1, -0.05) is 219 Å². The van der Waals surface area contributed by atoms with Gasteiger partial charge >= 0.3 is 0 Å². The van der Waals surface area contributed by atoms with Gasteiger partial charge in [-0.3, -0.25) is 0 Å². The second-order valence-electron chi connectivity index (χ2n) is 14.0. The Labute approximate surface area is 267 Å². The predicted octanol–water partition coefficient (Wildman–Crippen LogP) is 13.5. The Hall–Kier alpha value is -0.0800. The maximum absolute atomic E-state index is 9.17. The summed E-state index contributed by atoms with van der Waals surface area (Å²) in [5.41, 5.74) is 0. The molecule has 0 radical (unpaired) electrons. The van der Waals surface area contributed by atoms with Crippen LogP contribution in [0.1, 0.15) is 232 Å². The van der Waals surface area contributed by atoms with Crippen LogP contribution in [0.25, 0.3) is 0 Å². The van der Waals surface area contributed by atoms with E-state index in [9.17, 15) is 0 Å². The van der Waals surface area contributed by atoms with E-state index >= 15 is 0 Å². The lowest BCUT2D eigenvalue weighted by molar-refractivity contribution is 0.283. The number of aliphatic hydroxyl groups is 1. The first-order valence-corrected chi connectivity index (χ1v) is 20.2. The van der Waals surface area contributed by atoms with Crippen molar-refractivity contribution in [2.75, 3.05) is 19.7 Å². The smallest absolute Gasteiger partial charge is 0.0555 e. The molecule has 0 bridgehead atoms. The maximum atomic E-state index is 9.17. The lowest BCUT2D eigenvalue weighted by atomic mass is 9.94. The maximum Gasteiger partial charge on any atom is 0.0555 e. The molecule has 0 unspecified atom stereocenters. The van der Waals surface area contributed by atoms with Gasteiger partial charge in [-0.2, -0.15) is 0 Å². The van der Waals surface area contributed by atoms with Crippen molar-refractivity contribution in [1.29, 1.82) is 0 Å². The van der Waals surface area contributed by atoms with Crippen molar-refractivity contribution >= 4 is 0 Å². The van der Waals surface area contributed by atoms with Gasteiger partial charge < -0.3 is 10.4 Å². The number of hydrogen-bond donors (Lipinski definition) is 2. The van der Waals surface area contributed by atoms with Gasteiger partial charge in [0.15, 0.2) is 0 Å². The molecule has 2 heteroatoms. The summed E-state index contributed by atoms with van der Waals surface area (Å²) in [5, 5.41) is 12.7. The average molecular weight is 594 g/mol. The monoisotopic (exact) mass is 594 g/mol. The molecular formula is C40H83NO. The van der Waals surface area contributed by atoms with Gasteiger partial charge in [0.1, 0.15) is 0 Å². The lowest BCUT2D eigenvalue weighted by Gasteiger charge is -2.17. The molecule has 0 aromatic carbocycles. The van der Waals surface area contributed by atoms with Crippen LogP contribution in [0.5, 0.6) is 0 Å². The van der Waals surface area contributed by atoms with Crippen LogP contribution in [-0.4, -0.2) is 24.8 Å². The fourth-order valence-corrected chi connectivity index (χ4v) is 6.70. The molecule has 2 N–H and O–H groups in total. The van der Waals surface area contributed by atoms with Gasteiger partial charge in [0.25, 0.3) is 0 Å². The van der Waals surface area contributed by atoms with Gasteiger partial charge in [-0.15, -0.1) is 0 Å². The van der Waals surface area contributed by atoms with Crippen LogP contribution in [0.3, 0.4) is 0 Å². The quantitative estimate of drug-likeness (QED) is 0.0698. The topological polar surface area (TPSA) is 32.3 Å². The third kappa shape index (κ3) is 36.1. The van der Waals surface area contributed by atoms with E-state index in [2.05, 4.69) is 19.2 Å². The largest absolute Gasteiger partial charge is 0.395 e. The van der Waals surface area contributed by atoms with Crippen molar-refractivity contribution in [3.05, 3.63) is 0 Å². The summed E-state index contributed by atoms with van der Waals surface area (Å²) in [5.74, 6) is 0.815. The molecule has 0 aliphatic heterocycles. The first kappa shape index (κ1) is 41.9. The molecule has 254 valence electrons. The minimum Gasteiger partial charge on any atom is -0.395 e. The number of aliphatic hydroxyl groups excluding tert-OH is 1. The standard InChI is InChI=1S/C40H83NO/c1-3-5-7-9-11-13-15-17-19-21-23-25-27-29-31-33-35-40(39-41-37-38-42)36-34-32-30-28-26-24-22-20-18-16-14-12-10-8-6-4-2/h40-42H,3-39H2,1-2H3. The highest BCUT2D eigenvalue weighted by atomic mass is 16.3. The second kappa shape index (κ2) is 38.9. The molecule has 0 spiro atoms. The van der Waals surface area contributed by atoms with E-state index in [0.29, 0.717) is 0 Å². The number of unbranched alkanes of at least 4 members (excludes halogenated alkanes) is 30. The summed E-state index contributed by atoms with van der Waals surface area (Å²) in [6, 6.07) is 0. The Kier molecular flexibility index (Phi) is 38.9. The summed E-state index contributed by atoms with van der Waals surface area (Å²) in [6.07, 6.45) is 49.1. The number of hydrogen-bond acceptors (Lipinski definition) is 2. The fourth-order valence-electron chi connectivity index (χ4n) is 6.70. The molecule has 2 nitrogen and oxygen atoms in total. The third-order valence-corrected chi connectivity index (χ3v) is 9.65. The summed E-state index contributed by atoms with van der Waals surface area (Å²) in [6.45, 7) is 6.74. The van der Waals surface area contributed by atoms with Gasteiger partial charge in [-0.05, 0) is 25.3 Å². The zero-order valence-corrected chi connectivity index (χ0v) is 29.7. The highest BCUT2D eigenvalue weighted by Gasteiger charge is 2.08. The molecular weight excluding hydrogens is 510 g/mol. The van der Waals surface area contributed by atoms with E-state index in [-0.39, 0.29) is 6.61 Å². The molecule has 0 saturated heterocycles. The first-order valence-electron chi connectivity index (χ1n) is 20.2. The van der Waals surface area contributed by atoms with E-state index in [4.69, 9.17) is 5.11 Å². The van der Waals surface area contributed by atoms with E-state index in [0.717, 1.165) is 19.0 Å². The van der Waals surface area contributed by atoms with Crippen LogP contribution in [-0.2, 0) is 0 Å². The summed E-state index contributed by atoms with van der Waals surface area (Å²) < 4.78 is 0. The zero-order chi connectivity index (χ0) is 30.4. The van der Waals surface area contributed by atoms with E-state index in [1.165, 1.54) is 218 Å². The van der Waals surface area contributed by atoms with Crippen molar-refractivity contribution in [1.82, 2.24) is 5.32 Å². The molecule has 0 aliphatic carbocycles. The molecule has 0 fully saturated rings. The summed E-state index contributed by atoms with van der Waals surface area (Å²) in [7, 11) is 0. The van der Waals surface area contributed by atoms with Crippen molar-refractivity contribution in [3.63, 3.8) is 0 Å². The van der Waals surface area contributed by atoms with Crippen molar-refractivity contribution < 1.29 is 5.11 Å². The van der Waals surface area contributed by atoms with Crippen molar-refractivity contribution in [3.8, 4) is 0 Å². The van der Waals surface area contributed by atoms with Gasteiger partial charge in [0, 0.05) is 6.54 Å². The van der Waals surface area contributed by atoms with E-state index in [1.807, 2.05) is 0 Å². The normalized spacial score (nSPS) is 11.7. The second-order valence-corrected chi connectivity index (χ2v) is 14.0. The molecule has 0 aromatic rings. The Morgan fingerprint density at radius 1 is 0.357 bits per heavy atom. The molecule has 0 heterocycles. The fraction of sp³-hybridized carbons (Fsp3) is 1.00. The highest BCUT2D eigenvalue weighted by molar-refractivity contribution is 4.64. The SMILES string of the molecule is CCCCCCCCCCCCCCCCCCC(CCCCCCCCCCCCCCCCCC)CNCCO. The summed E-state index contributed by atoms with van der Waals surface area (Å²) in [4.78, 5) is 0. The number of rotatable bonds is 38. The Morgan fingerprint density at radius 2 is 0.595 bits per heavy atom. The summed E-state index contributed by atoms with van der Waals surface area (Å²) >= 11 is 0. The lowest BCUT2D eigenvalue weighted by Crippen LogP contribution is -2.25. The van der Waals surface area contributed by atoms with Crippen LogP contribution in [0.4, 0.5) is 0 Å². The van der Waals surface area contributed by atoms with Crippen LogP contribution in [0.2, 0.25) is 0 Å². The number of nitrogens with one attached hydrogen (secondary N) is 1.